The van der Waals surface area contributed by atoms with E-state index in [0.717, 1.165) is 11.6 Å². The Morgan fingerprint density at radius 2 is 1.70 bits per heavy atom. The second kappa shape index (κ2) is 14.5. The van der Waals surface area contributed by atoms with Crippen molar-refractivity contribution in [1.82, 2.24) is 0 Å². The van der Waals surface area contributed by atoms with E-state index in [9.17, 15) is 32.7 Å². The first-order valence-electron chi connectivity index (χ1n) is 12.5. The highest BCUT2D eigenvalue weighted by Crippen LogP contribution is 2.24. The molecular weight excluding hydrogens is 540 g/mol. The molecule has 2 atom stereocenters. The fourth-order valence-corrected chi connectivity index (χ4v) is 4.77. The fourth-order valence-electron chi connectivity index (χ4n) is 3.42. The molecule has 1 fully saturated rings. The molecule has 0 amide bonds. The highest BCUT2D eigenvalue weighted by Gasteiger charge is 2.26. The predicted molar refractivity (Wildman–Crippen MR) is 146 cm³/mol. The third-order valence-electron chi connectivity index (χ3n) is 6.06. The summed E-state index contributed by atoms with van der Waals surface area (Å²) in [5.41, 5.74) is 0.483. The van der Waals surface area contributed by atoms with Crippen molar-refractivity contribution in [2.24, 2.45) is 5.92 Å². The van der Waals surface area contributed by atoms with Gasteiger partial charge in [0.2, 0.25) is 0 Å². The van der Waals surface area contributed by atoms with E-state index in [1.165, 1.54) is 19.1 Å². The molecule has 0 saturated carbocycles. The summed E-state index contributed by atoms with van der Waals surface area (Å²) in [7, 11) is -3.81. The number of aryl methyl sites for hydroxylation is 1. The summed E-state index contributed by atoms with van der Waals surface area (Å²) in [5.74, 6) is -5.76. The maximum Gasteiger partial charge on any atom is 0.341 e. The third-order valence-corrected chi connectivity index (χ3v) is 7.83. The van der Waals surface area contributed by atoms with E-state index in [0.29, 0.717) is 19.4 Å². The number of carboxylic acid groups (broad SMARTS) is 1. The topological polar surface area (TPSA) is 154 Å². The van der Waals surface area contributed by atoms with Crippen LogP contribution in [0.3, 0.4) is 0 Å². The maximum absolute atomic E-state index is 12.9. The highest BCUT2D eigenvalue weighted by atomic mass is 32.2. The first-order chi connectivity index (χ1) is 18.7. The predicted octanol–water partition coefficient (Wildman–Crippen LogP) is 3.66. The minimum atomic E-state index is -3.81. The molecule has 1 heterocycles. The molecule has 40 heavy (non-hydrogen) atoms. The van der Waals surface area contributed by atoms with Gasteiger partial charge in [-0.15, -0.1) is 0 Å². The largest absolute Gasteiger partial charge is 0.478 e. The maximum atomic E-state index is 12.9. The van der Waals surface area contributed by atoms with Gasteiger partial charge >= 0.3 is 23.9 Å². The van der Waals surface area contributed by atoms with Crippen LogP contribution in [0.5, 0.6) is 0 Å². The van der Waals surface area contributed by atoms with E-state index in [2.05, 4.69) is 19.7 Å². The van der Waals surface area contributed by atoms with Crippen LogP contribution in [-0.2, 0) is 43.2 Å². The number of aliphatic carboxylic acids is 1. The van der Waals surface area contributed by atoms with Crippen molar-refractivity contribution in [3.63, 3.8) is 0 Å². The Morgan fingerprint density at radius 3 is 2.25 bits per heavy atom. The summed E-state index contributed by atoms with van der Waals surface area (Å²) in [5, 5.41) is 9.75. The Labute approximate surface area is 233 Å². The number of sulfone groups is 1. The van der Waals surface area contributed by atoms with Crippen LogP contribution in [-0.4, -0.2) is 62.5 Å². The molecule has 11 heteroatoms. The summed E-state index contributed by atoms with van der Waals surface area (Å²) < 4.78 is 40.8. The van der Waals surface area contributed by atoms with E-state index in [1.807, 2.05) is 6.92 Å². The molecule has 1 aromatic carbocycles. The van der Waals surface area contributed by atoms with Crippen LogP contribution in [0, 0.1) is 12.8 Å². The first-order valence-corrected chi connectivity index (χ1v) is 14.2. The monoisotopic (exact) mass is 574 g/mol. The van der Waals surface area contributed by atoms with Crippen molar-refractivity contribution in [2.45, 2.75) is 50.5 Å². The average molecular weight is 575 g/mol. The summed E-state index contributed by atoms with van der Waals surface area (Å²) >= 11 is 0. The number of esters is 3. The quantitative estimate of drug-likeness (QED) is 0.134. The lowest BCUT2D eigenvalue weighted by atomic mass is 9.94. The first kappa shape index (κ1) is 32.4. The van der Waals surface area contributed by atoms with Crippen molar-refractivity contribution in [3.8, 4) is 0 Å². The third kappa shape index (κ3) is 10.4. The minimum absolute atomic E-state index is 0.0468. The fraction of sp³-hybridized carbons (Fsp3) is 0.379. The number of carbonyl (C=O) groups excluding carboxylic acids is 3. The molecule has 2 rings (SSSR count). The lowest BCUT2D eigenvalue weighted by Gasteiger charge is -2.17. The number of allylic oxidation sites excluding steroid dienone is 1. The number of benzene rings is 1. The highest BCUT2D eigenvalue weighted by molar-refractivity contribution is 7.91. The number of hydrogen-bond acceptors (Lipinski definition) is 9. The molecule has 1 aromatic rings. The van der Waals surface area contributed by atoms with Crippen LogP contribution in [0.4, 0.5) is 0 Å². The van der Waals surface area contributed by atoms with Crippen LogP contribution in [0.25, 0.3) is 0 Å². The number of ether oxygens (including phenoxy) is 3. The van der Waals surface area contributed by atoms with E-state index in [-0.39, 0.29) is 52.7 Å². The van der Waals surface area contributed by atoms with Gasteiger partial charge in [0, 0.05) is 34.6 Å². The second-order valence-electron chi connectivity index (χ2n) is 9.49. The Hall–Kier alpha value is -3.83. The standard InChI is InChI=1S/C29H34O10S/c1-18(2)27(32)39-29(34)21(5)22(13-15-40(35,36)25-10-6-19(3)7-11-25)16-23(26(30)31)12-14-37-28(33)20(4)8-9-24-17-38-24/h6-7,10-11,16,22,24H,1,4-5,8-9,12-15,17H2,2-3H3,(H,30,31). The minimum Gasteiger partial charge on any atom is -0.478 e. The Balaban J connectivity index is 2.19. The van der Waals surface area contributed by atoms with Gasteiger partial charge in [-0.2, -0.15) is 0 Å². The lowest BCUT2D eigenvalue weighted by Crippen LogP contribution is -2.21. The van der Waals surface area contributed by atoms with Gasteiger partial charge in [0.1, 0.15) is 0 Å². The normalized spacial score (nSPS) is 15.4. The van der Waals surface area contributed by atoms with Crippen molar-refractivity contribution in [1.29, 1.82) is 0 Å². The summed E-state index contributed by atoms with van der Waals surface area (Å²) in [6, 6.07) is 6.18. The van der Waals surface area contributed by atoms with Crippen LogP contribution in [0.15, 0.2) is 77.3 Å². The number of hydrogen-bond donors (Lipinski definition) is 1. The van der Waals surface area contributed by atoms with Crippen molar-refractivity contribution in [3.05, 3.63) is 77.9 Å². The van der Waals surface area contributed by atoms with E-state index < -0.39 is 45.4 Å². The number of carbonyl (C=O) groups is 4. The van der Waals surface area contributed by atoms with Gasteiger partial charge in [0.15, 0.2) is 9.84 Å². The van der Waals surface area contributed by atoms with E-state index in [4.69, 9.17) is 14.2 Å². The molecular formula is C29H34O10S. The molecule has 216 valence electrons. The number of epoxide rings is 1. The molecule has 0 spiro atoms. The molecule has 1 saturated heterocycles. The van der Waals surface area contributed by atoms with Crippen LogP contribution in [0.1, 0.15) is 38.2 Å². The molecule has 0 radical (unpaired) electrons. The SMILES string of the molecule is C=C(C)C(=O)OC(=O)C(=C)C(C=C(CCOC(=O)C(=C)CCC1CO1)C(=O)O)CCS(=O)(=O)c1ccc(C)cc1. The van der Waals surface area contributed by atoms with Gasteiger partial charge in [-0.05, 0) is 45.2 Å². The second-order valence-corrected chi connectivity index (χ2v) is 11.6. The van der Waals surface area contributed by atoms with Crippen LogP contribution in [0.2, 0.25) is 0 Å². The Kier molecular flexibility index (Phi) is 11.8. The van der Waals surface area contributed by atoms with E-state index >= 15 is 0 Å². The number of carboxylic acids is 1. The van der Waals surface area contributed by atoms with E-state index in [1.54, 1.807) is 12.1 Å². The Bertz CT molecular complexity index is 1310. The Morgan fingerprint density at radius 1 is 1.07 bits per heavy atom. The van der Waals surface area contributed by atoms with Crippen LogP contribution >= 0.6 is 0 Å². The van der Waals surface area contributed by atoms with Crippen molar-refractivity contribution < 1.29 is 46.9 Å². The van der Waals surface area contributed by atoms with Gasteiger partial charge in [-0.25, -0.2) is 27.6 Å². The molecule has 0 aromatic heterocycles. The van der Waals surface area contributed by atoms with Crippen molar-refractivity contribution in [2.75, 3.05) is 19.0 Å². The molecule has 0 aliphatic carbocycles. The molecule has 0 bridgehead atoms. The zero-order valence-corrected chi connectivity index (χ0v) is 23.5. The molecule has 10 nitrogen and oxygen atoms in total. The summed E-state index contributed by atoms with van der Waals surface area (Å²) in [6.45, 7) is 14.2. The zero-order chi connectivity index (χ0) is 30.0. The van der Waals surface area contributed by atoms with Gasteiger partial charge in [0.05, 0.1) is 30.0 Å². The summed E-state index contributed by atoms with van der Waals surface area (Å²) in [4.78, 5) is 48.6. The lowest BCUT2D eigenvalue weighted by molar-refractivity contribution is -0.154. The molecule has 1 aliphatic heterocycles. The summed E-state index contributed by atoms with van der Waals surface area (Å²) in [6.07, 6.45) is 1.81. The van der Waals surface area contributed by atoms with Crippen molar-refractivity contribution >= 4 is 33.7 Å². The molecule has 2 unspecified atom stereocenters. The van der Waals surface area contributed by atoms with Gasteiger partial charge in [-0.1, -0.05) is 43.5 Å². The smallest absolute Gasteiger partial charge is 0.341 e. The van der Waals surface area contributed by atoms with Gasteiger partial charge in [0.25, 0.3) is 0 Å². The zero-order valence-electron chi connectivity index (χ0n) is 22.6. The average Bonchev–Trinajstić information content (AvgIpc) is 3.72. The number of rotatable bonds is 16. The van der Waals surface area contributed by atoms with Crippen LogP contribution < -0.4 is 0 Å². The molecule has 1 N–H and O–H groups in total. The molecule has 1 aliphatic rings. The van der Waals surface area contributed by atoms with Gasteiger partial charge in [-0.3, -0.25) is 0 Å². The van der Waals surface area contributed by atoms with Gasteiger partial charge < -0.3 is 19.3 Å².